The molecule has 1 atom stereocenters. The van der Waals surface area contributed by atoms with Crippen molar-refractivity contribution in [1.82, 2.24) is 9.80 Å². The predicted molar refractivity (Wildman–Crippen MR) is 294 cm³/mol. The van der Waals surface area contributed by atoms with Crippen LogP contribution in [0.5, 0.6) is 11.5 Å². The molecule has 8 rings (SSSR count). The molecule has 2 aliphatic heterocycles. The number of nitrogens with one attached hydrogen (secondary N) is 2. The second-order valence-corrected chi connectivity index (χ2v) is 22.5. The fraction of sp³-hybridized carbons (Fsp3) is 0.345. The van der Waals surface area contributed by atoms with Gasteiger partial charge in [0.2, 0.25) is 0 Å². The van der Waals surface area contributed by atoms with E-state index in [1.165, 1.54) is 11.0 Å². The molecule has 6 aromatic carbocycles. The summed E-state index contributed by atoms with van der Waals surface area (Å²) in [7, 11) is -5.04. The van der Waals surface area contributed by atoms with Crippen molar-refractivity contribution in [3.8, 4) is 11.5 Å². The molecule has 0 saturated carbocycles. The number of para-hydroxylation sites is 2. The maximum Gasteiger partial charge on any atom is 0.261 e. The Bertz CT molecular complexity index is 3200. The van der Waals surface area contributed by atoms with Crippen molar-refractivity contribution >= 4 is 54.6 Å². The molecule has 75 heavy (non-hydrogen) atoms. The number of anilines is 4. The number of sulfonamides is 2. The van der Waals surface area contributed by atoms with Gasteiger partial charge in [-0.25, -0.2) is 21.2 Å². The van der Waals surface area contributed by atoms with E-state index in [-0.39, 0.29) is 39.9 Å². The molecule has 0 aromatic heterocycles. The van der Waals surface area contributed by atoms with Crippen molar-refractivity contribution in [2.24, 2.45) is 0 Å². The van der Waals surface area contributed by atoms with Crippen LogP contribution in [0.1, 0.15) is 95.3 Å². The Morgan fingerprint density at radius 1 is 0.560 bits per heavy atom. The van der Waals surface area contributed by atoms with E-state index >= 15 is 4.39 Å². The monoisotopic (exact) mass is 1060 g/mol. The first-order valence-corrected chi connectivity index (χ1v) is 28.7. The molecule has 0 bridgehead atoms. The quantitative estimate of drug-likeness (QED) is 0.0754. The molecule has 0 radical (unpaired) electrons. The molecule has 0 spiro atoms. The molecule has 2 fully saturated rings. The van der Waals surface area contributed by atoms with E-state index in [1.807, 2.05) is 73.7 Å². The van der Waals surface area contributed by atoms with Crippen LogP contribution in [0, 0.1) is 5.82 Å². The van der Waals surface area contributed by atoms with Gasteiger partial charge >= 0.3 is 0 Å². The number of methoxy groups -OCH3 is 2. The number of unbranched alkanes of at least 4 members (excludes halogenated alkanes) is 2. The molecular weight excluding hydrogens is 992 g/mol. The summed E-state index contributed by atoms with van der Waals surface area (Å²) in [5.74, 6) is -0.811. The second-order valence-electron chi connectivity index (χ2n) is 19.1. The van der Waals surface area contributed by atoms with Gasteiger partial charge < -0.3 is 29.1 Å². The van der Waals surface area contributed by atoms with Gasteiger partial charge in [-0.1, -0.05) is 82.1 Å². The molecule has 14 nitrogen and oxygen atoms in total. The number of ether oxygens (including phenoxy) is 2. The average molecular weight is 1060 g/mol. The number of rotatable bonds is 20. The predicted octanol–water partition coefficient (Wildman–Crippen LogP) is 10.2. The molecule has 2 aliphatic rings. The third-order valence-corrected chi connectivity index (χ3v) is 16.9. The van der Waals surface area contributed by atoms with Crippen LogP contribution in [0.15, 0.2) is 137 Å². The Balaban J connectivity index is 0.988. The lowest BCUT2D eigenvalue weighted by atomic mass is 9.88. The number of amides is 2. The van der Waals surface area contributed by atoms with E-state index in [9.17, 15) is 26.4 Å². The van der Waals surface area contributed by atoms with Crippen LogP contribution >= 0.6 is 0 Å². The fourth-order valence-corrected chi connectivity index (χ4v) is 11.9. The van der Waals surface area contributed by atoms with Gasteiger partial charge in [-0.3, -0.25) is 19.0 Å². The first-order valence-electron chi connectivity index (χ1n) is 25.7. The maximum absolute atomic E-state index is 15.3. The van der Waals surface area contributed by atoms with Crippen molar-refractivity contribution in [2.75, 3.05) is 85.8 Å². The number of hydrogen-bond donors (Lipinski definition) is 2. The summed E-state index contributed by atoms with van der Waals surface area (Å²) in [4.78, 5) is 35.9. The third-order valence-electron chi connectivity index (χ3n) is 14.2. The summed E-state index contributed by atoms with van der Waals surface area (Å²) in [6, 6.07) is 36.0. The van der Waals surface area contributed by atoms with Gasteiger partial charge in [0.1, 0.15) is 17.3 Å². The Kier molecular flexibility index (Phi) is 17.4. The molecule has 1 unspecified atom stereocenters. The van der Waals surface area contributed by atoms with Gasteiger partial charge in [0.25, 0.3) is 31.9 Å². The van der Waals surface area contributed by atoms with E-state index in [2.05, 4.69) is 33.1 Å². The van der Waals surface area contributed by atoms with Gasteiger partial charge in [0.15, 0.2) is 0 Å². The number of piperazine rings is 2. The van der Waals surface area contributed by atoms with Gasteiger partial charge in [-0.2, -0.15) is 0 Å². The van der Waals surface area contributed by atoms with E-state index in [0.717, 1.165) is 90.5 Å². The average Bonchev–Trinajstić information content (AvgIpc) is 3.43. The third kappa shape index (κ3) is 12.7. The fourth-order valence-electron chi connectivity index (χ4n) is 9.71. The number of halogens is 1. The van der Waals surface area contributed by atoms with E-state index in [0.29, 0.717) is 62.0 Å². The topological polar surface area (TPSA) is 158 Å². The zero-order valence-electron chi connectivity index (χ0n) is 43.4. The van der Waals surface area contributed by atoms with Crippen molar-refractivity contribution in [3.05, 3.63) is 167 Å². The van der Waals surface area contributed by atoms with Crippen molar-refractivity contribution in [3.63, 3.8) is 0 Å². The van der Waals surface area contributed by atoms with Crippen LogP contribution < -0.4 is 28.7 Å². The number of aryl methyl sites for hydroxylation is 2. The standard InChI is InChI=1S/C58H67FN6O8S2/c1-6-8-12-42-16-21-45(22-17-42)60-74(68,69)47-25-27-49(50(39-47)57(66)64-34-30-62(31-35-64)53-14-10-11-15-55(53)72-4)41(3)44-20-29-54(56(38-44)73-5)63-32-36-65(37-33-63)58(67)51-40-48(26-28-52(51)59)75(70,71)61-46-23-18-43(19-24-46)13-9-7-2/h10-11,14-29,38-41,60-61H,6-9,12-13,30-37H2,1-5H3. The van der Waals surface area contributed by atoms with Gasteiger partial charge in [0.05, 0.1) is 40.9 Å². The molecule has 17 heteroatoms. The first kappa shape index (κ1) is 54.2. The number of hydrogen-bond acceptors (Lipinski definition) is 10. The number of nitrogens with zero attached hydrogens (tertiary/aromatic N) is 4. The molecule has 0 aliphatic carbocycles. The summed E-state index contributed by atoms with van der Waals surface area (Å²) in [6.45, 7) is 9.32. The minimum absolute atomic E-state index is 0.0355. The van der Waals surface area contributed by atoms with Crippen LogP contribution in [0.3, 0.4) is 0 Å². The van der Waals surface area contributed by atoms with E-state index in [4.69, 9.17) is 9.47 Å². The van der Waals surface area contributed by atoms with Crippen LogP contribution in [0.2, 0.25) is 0 Å². The zero-order chi connectivity index (χ0) is 53.3. The number of benzene rings is 6. The Morgan fingerprint density at radius 3 is 1.53 bits per heavy atom. The highest BCUT2D eigenvalue weighted by Crippen LogP contribution is 2.37. The molecule has 396 valence electrons. The minimum Gasteiger partial charge on any atom is -0.495 e. The van der Waals surface area contributed by atoms with Crippen molar-refractivity contribution in [2.45, 2.75) is 75.0 Å². The Morgan fingerprint density at radius 2 is 1.03 bits per heavy atom. The highest BCUT2D eigenvalue weighted by molar-refractivity contribution is 7.93. The number of carbonyl (C=O) groups excluding carboxylic acids is 2. The Hall–Kier alpha value is -7.11. The van der Waals surface area contributed by atoms with Crippen molar-refractivity contribution in [1.29, 1.82) is 0 Å². The highest BCUT2D eigenvalue weighted by Gasteiger charge is 2.31. The van der Waals surface area contributed by atoms with Crippen LogP contribution in [-0.4, -0.2) is 105 Å². The number of carbonyl (C=O) groups is 2. The molecule has 2 amide bonds. The molecule has 6 aromatic rings. The normalized spacial score (nSPS) is 14.6. The smallest absolute Gasteiger partial charge is 0.261 e. The summed E-state index contributed by atoms with van der Waals surface area (Å²) in [5.41, 5.74) is 6.11. The van der Waals surface area contributed by atoms with Gasteiger partial charge in [0, 0.05) is 75.2 Å². The molecule has 2 saturated heterocycles. The lowest BCUT2D eigenvalue weighted by molar-refractivity contribution is 0.0735. The lowest BCUT2D eigenvalue weighted by Crippen LogP contribution is -2.49. The summed E-state index contributed by atoms with van der Waals surface area (Å²) >= 11 is 0. The zero-order valence-corrected chi connectivity index (χ0v) is 45.0. The highest BCUT2D eigenvalue weighted by atomic mass is 32.2. The van der Waals surface area contributed by atoms with E-state index < -0.39 is 37.7 Å². The molecular formula is C58H67FN6O8S2. The second kappa shape index (κ2) is 24.0. The van der Waals surface area contributed by atoms with E-state index in [1.54, 1.807) is 55.5 Å². The Labute approximate surface area is 441 Å². The molecule has 2 heterocycles. The summed E-state index contributed by atoms with van der Waals surface area (Å²) in [6.07, 6.45) is 5.96. The molecule has 2 N–H and O–H groups in total. The van der Waals surface area contributed by atoms with Crippen LogP contribution in [0.4, 0.5) is 27.1 Å². The van der Waals surface area contributed by atoms with Gasteiger partial charge in [-0.15, -0.1) is 0 Å². The maximum atomic E-state index is 15.3. The largest absolute Gasteiger partial charge is 0.495 e. The summed E-state index contributed by atoms with van der Waals surface area (Å²) in [5, 5.41) is 0. The first-order chi connectivity index (χ1) is 36.1. The van der Waals surface area contributed by atoms with Gasteiger partial charge in [-0.05, 0) is 127 Å². The van der Waals surface area contributed by atoms with Crippen molar-refractivity contribution < 1.29 is 40.3 Å². The van der Waals surface area contributed by atoms with Crippen LogP contribution in [-0.2, 0) is 32.9 Å². The SMILES string of the molecule is CCCCc1ccc(NS(=O)(=O)c2ccc(F)c(C(=O)N3CCN(c4ccc(C(C)c5ccc(S(=O)(=O)Nc6ccc(CCCC)cc6)cc5C(=O)N5CCN(c6ccccc6OC)CC5)cc4OC)CC3)c2)cc1. The summed E-state index contributed by atoms with van der Waals surface area (Å²) < 4.78 is 87.1. The minimum atomic E-state index is -4.13. The van der Waals surface area contributed by atoms with Crippen LogP contribution in [0.25, 0.3) is 0 Å². The lowest BCUT2D eigenvalue weighted by Gasteiger charge is -2.37.